The molecular formula is C29H32N6O3. The first-order valence-electron chi connectivity index (χ1n) is 12.7. The van der Waals surface area contributed by atoms with Gasteiger partial charge in [-0.3, -0.25) is 9.69 Å². The molecule has 3 aromatic heterocycles. The lowest BCUT2D eigenvalue weighted by atomic mass is 10.0. The standard InChI is InChI=1S/C29H32N6O3/c1-5-26(28-31-32-33-35(28)18-25-7-6-12-38-25)34(16-21-8-10-24(37-4)11-9-21)17-23-15-22-14-19(2)13-20(3)27(22)30-29(23)36/h6-15,26H,5,16-18H2,1-4H3,(H,30,36). The van der Waals surface area contributed by atoms with Crippen molar-refractivity contribution in [1.29, 1.82) is 0 Å². The second kappa shape index (κ2) is 11.0. The van der Waals surface area contributed by atoms with Crippen molar-refractivity contribution < 1.29 is 9.15 Å². The van der Waals surface area contributed by atoms with Crippen LogP contribution in [-0.2, 0) is 19.6 Å². The number of aromatic amines is 1. The molecule has 1 atom stereocenters. The summed E-state index contributed by atoms with van der Waals surface area (Å²) in [6.45, 7) is 7.65. The third-order valence-corrected chi connectivity index (χ3v) is 6.86. The fraction of sp³-hybridized carbons (Fsp3) is 0.310. The number of hydrogen-bond donors (Lipinski definition) is 1. The van der Waals surface area contributed by atoms with Gasteiger partial charge in [0.15, 0.2) is 5.82 Å². The van der Waals surface area contributed by atoms with Crippen LogP contribution in [0.5, 0.6) is 5.75 Å². The minimum absolute atomic E-state index is 0.0887. The zero-order valence-electron chi connectivity index (χ0n) is 22.1. The van der Waals surface area contributed by atoms with E-state index in [-0.39, 0.29) is 11.6 Å². The van der Waals surface area contributed by atoms with Gasteiger partial charge >= 0.3 is 0 Å². The van der Waals surface area contributed by atoms with Crippen LogP contribution in [0.4, 0.5) is 0 Å². The molecule has 0 saturated carbocycles. The number of nitrogens with zero attached hydrogens (tertiary/aromatic N) is 5. The molecule has 1 N–H and O–H groups in total. The summed E-state index contributed by atoms with van der Waals surface area (Å²) in [6.07, 6.45) is 2.39. The van der Waals surface area contributed by atoms with E-state index in [0.29, 0.717) is 25.2 Å². The third-order valence-electron chi connectivity index (χ3n) is 6.86. The van der Waals surface area contributed by atoms with Crippen molar-refractivity contribution in [2.24, 2.45) is 0 Å². The van der Waals surface area contributed by atoms with Crippen LogP contribution in [-0.4, -0.2) is 37.2 Å². The number of hydrogen-bond acceptors (Lipinski definition) is 7. The van der Waals surface area contributed by atoms with Crippen LogP contribution in [0.2, 0.25) is 0 Å². The molecule has 0 saturated heterocycles. The van der Waals surface area contributed by atoms with Crippen LogP contribution < -0.4 is 10.3 Å². The molecule has 1 unspecified atom stereocenters. The first-order valence-corrected chi connectivity index (χ1v) is 12.7. The van der Waals surface area contributed by atoms with Crippen LogP contribution in [0.1, 0.15) is 53.2 Å². The van der Waals surface area contributed by atoms with Gasteiger partial charge in [-0.15, -0.1) is 5.10 Å². The smallest absolute Gasteiger partial charge is 0.252 e. The summed E-state index contributed by atoms with van der Waals surface area (Å²) in [6, 6.07) is 17.8. The predicted molar refractivity (Wildman–Crippen MR) is 145 cm³/mol. The number of nitrogens with one attached hydrogen (secondary N) is 1. The number of H-pyrrole nitrogens is 1. The predicted octanol–water partition coefficient (Wildman–Crippen LogP) is 4.93. The highest BCUT2D eigenvalue weighted by molar-refractivity contribution is 5.82. The Balaban J connectivity index is 1.53. The maximum Gasteiger partial charge on any atom is 0.252 e. The van der Waals surface area contributed by atoms with Crippen molar-refractivity contribution in [3.05, 3.63) is 105 Å². The summed E-state index contributed by atoms with van der Waals surface area (Å²) in [4.78, 5) is 18.6. The maximum atomic E-state index is 13.3. The lowest BCUT2D eigenvalue weighted by Gasteiger charge is -2.30. The molecule has 9 heteroatoms. The van der Waals surface area contributed by atoms with Crippen LogP contribution in [0.25, 0.3) is 10.9 Å². The van der Waals surface area contributed by atoms with E-state index < -0.39 is 0 Å². The Kier molecular flexibility index (Phi) is 7.37. The van der Waals surface area contributed by atoms with Gasteiger partial charge in [0.25, 0.3) is 5.56 Å². The fourth-order valence-corrected chi connectivity index (χ4v) is 5.03. The number of fused-ring (bicyclic) bond motifs is 1. The molecule has 38 heavy (non-hydrogen) atoms. The monoisotopic (exact) mass is 512 g/mol. The van der Waals surface area contributed by atoms with E-state index in [2.05, 4.69) is 51.4 Å². The fourth-order valence-electron chi connectivity index (χ4n) is 5.03. The van der Waals surface area contributed by atoms with Gasteiger partial charge in [0.2, 0.25) is 0 Å². The van der Waals surface area contributed by atoms with Crippen molar-refractivity contribution in [2.75, 3.05) is 7.11 Å². The molecule has 0 radical (unpaired) electrons. The van der Waals surface area contributed by atoms with Gasteiger partial charge in [0.05, 0.1) is 24.9 Å². The van der Waals surface area contributed by atoms with E-state index >= 15 is 0 Å². The second-order valence-corrected chi connectivity index (χ2v) is 9.62. The van der Waals surface area contributed by atoms with Gasteiger partial charge < -0.3 is 14.1 Å². The van der Waals surface area contributed by atoms with Gasteiger partial charge in [0, 0.05) is 18.7 Å². The van der Waals surface area contributed by atoms with E-state index in [9.17, 15) is 4.79 Å². The summed E-state index contributed by atoms with van der Waals surface area (Å²) in [5.74, 6) is 2.29. The Bertz CT molecular complexity index is 1570. The van der Waals surface area contributed by atoms with Crippen molar-refractivity contribution >= 4 is 10.9 Å². The highest BCUT2D eigenvalue weighted by Gasteiger charge is 2.26. The average molecular weight is 513 g/mol. The van der Waals surface area contributed by atoms with Crippen molar-refractivity contribution in [3.63, 3.8) is 0 Å². The van der Waals surface area contributed by atoms with Crippen LogP contribution in [0.15, 0.2) is 70.1 Å². The lowest BCUT2D eigenvalue weighted by molar-refractivity contribution is 0.161. The van der Waals surface area contributed by atoms with Crippen LogP contribution >= 0.6 is 0 Å². The summed E-state index contributed by atoms with van der Waals surface area (Å²) in [7, 11) is 1.66. The molecule has 5 rings (SSSR count). The second-order valence-electron chi connectivity index (χ2n) is 9.62. The first kappa shape index (κ1) is 25.4. The normalized spacial score (nSPS) is 12.3. The molecule has 0 aliphatic carbocycles. The Labute approximate surface area is 221 Å². The molecule has 0 aliphatic rings. The number of furan rings is 1. The van der Waals surface area contributed by atoms with Gasteiger partial charge in [-0.1, -0.05) is 30.7 Å². The van der Waals surface area contributed by atoms with Crippen LogP contribution in [0.3, 0.4) is 0 Å². The first-order chi connectivity index (χ1) is 18.4. The molecular weight excluding hydrogens is 480 g/mol. The SMILES string of the molecule is CCC(c1nnnn1Cc1ccco1)N(Cc1ccc(OC)cc1)Cc1cc2cc(C)cc(C)c2[nH]c1=O. The quantitative estimate of drug-likeness (QED) is 0.283. The average Bonchev–Trinajstić information content (AvgIpc) is 3.59. The molecule has 5 aromatic rings. The van der Waals surface area contributed by atoms with E-state index in [4.69, 9.17) is 9.15 Å². The number of methoxy groups -OCH3 is 1. The van der Waals surface area contributed by atoms with Gasteiger partial charge in [-0.05, 0) is 83.6 Å². The van der Waals surface area contributed by atoms with E-state index in [1.54, 1.807) is 18.1 Å². The van der Waals surface area contributed by atoms with E-state index in [0.717, 1.165) is 51.3 Å². The minimum Gasteiger partial charge on any atom is -0.497 e. The molecule has 0 bridgehead atoms. The molecule has 0 fully saturated rings. The number of ether oxygens (including phenoxy) is 1. The number of aryl methyl sites for hydroxylation is 2. The van der Waals surface area contributed by atoms with E-state index in [1.807, 2.05) is 49.4 Å². The Morgan fingerprint density at radius 2 is 1.92 bits per heavy atom. The molecule has 2 aromatic carbocycles. The van der Waals surface area contributed by atoms with Crippen molar-refractivity contribution in [3.8, 4) is 5.75 Å². The maximum absolute atomic E-state index is 13.3. The number of rotatable bonds is 10. The summed E-state index contributed by atoms with van der Waals surface area (Å²) in [5, 5.41) is 13.7. The summed E-state index contributed by atoms with van der Waals surface area (Å²) in [5.41, 5.74) is 4.79. The van der Waals surface area contributed by atoms with Gasteiger partial charge in [0.1, 0.15) is 18.1 Å². The molecule has 3 heterocycles. The van der Waals surface area contributed by atoms with Crippen molar-refractivity contribution in [2.45, 2.75) is 52.9 Å². The zero-order chi connectivity index (χ0) is 26.6. The topological polar surface area (TPSA) is 102 Å². The Morgan fingerprint density at radius 1 is 1.11 bits per heavy atom. The minimum atomic E-state index is -0.142. The van der Waals surface area contributed by atoms with E-state index in [1.165, 1.54) is 0 Å². The highest BCUT2D eigenvalue weighted by Crippen LogP contribution is 2.28. The van der Waals surface area contributed by atoms with Crippen LogP contribution in [0, 0.1) is 13.8 Å². The number of tetrazole rings is 1. The Morgan fingerprint density at radius 3 is 2.63 bits per heavy atom. The Hall–Kier alpha value is -4.24. The zero-order valence-corrected chi connectivity index (χ0v) is 22.1. The molecule has 0 spiro atoms. The summed E-state index contributed by atoms with van der Waals surface area (Å²) < 4.78 is 12.6. The lowest BCUT2D eigenvalue weighted by Crippen LogP contribution is -2.32. The van der Waals surface area contributed by atoms with Gasteiger partial charge in [-0.25, -0.2) is 4.68 Å². The van der Waals surface area contributed by atoms with Gasteiger partial charge in [-0.2, -0.15) is 0 Å². The molecule has 196 valence electrons. The number of aromatic nitrogens is 5. The number of benzene rings is 2. The molecule has 0 amide bonds. The highest BCUT2D eigenvalue weighted by atomic mass is 16.5. The summed E-state index contributed by atoms with van der Waals surface area (Å²) >= 11 is 0. The largest absolute Gasteiger partial charge is 0.497 e. The molecule has 9 nitrogen and oxygen atoms in total. The molecule has 0 aliphatic heterocycles. The third kappa shape index (κ3) is 5.38. The number of pyridine rings is 1. The van der Waals surface area contributed by atoms with Crippen molar-refractivity contribution in [1.82, 2.24) is 30.1 Å².